The molecule has 2 heterocycles. The number of fused-ring (bicyclic) bond motifs is 1. The highest BCUT2D eigenvalue weighted by Gasteiger charge is 2.31. The zero-order valence-corrected chi connectivity index (χ0v) is 15.7. The summed E-state index contributed by atoms with van der Waals surface area (Å²) >= 11 is 0. The number of hydrogen-bond acceptors (Lipinski definition) is 4. The van der Waals surface area contributed by atoms with Crippen LogP contribution in [0.1, 0.15) is 40.6 Å². The van der Waals surface area contributed by atoms with Crippen LogP contribution >= 0.6 is 0 Å². The Hall–Kier alpha value is -2.15. The highest BCUT2D eigenvalue weighted by atomic mass is 19.1. The van der Waals surface area contributed by atoms with Crippen molar-refractivity contribution in [3.8, 4) is 0 Å². The molecule has 1 unspecified atom stereocenters. The monoisotopic (exact) mass is 386 g/mol. The molecule has 0 aliphatic carbocycles. The summed E-state index contributed by atoms with van der Waals surface area (Å²) in [6.45, 7) is 3.32. The van der Waals surface area contributed by atoms with E-state index in [4.69, 9.17) is 0 Å². The van der Waals surface area contributed by atoms with Crippen molar-refractivity contribution in [3.63, 3.8) is 0 Å². The third-order valence-electron chi connectivity index (χ3n) is 5.84. The first-order valence-corrected chi connectivity index (χ1v) is 9.71. The lowest BCUT2D eigenvalue weighted by atomic mass is 9.95. The summed E-state index contributed by atoms with van der Waals surface area (Å²) in [5.74, 6) is -0.171. The number of halogens is 2. The van der Waals surface area contributed by atoms with Crippen LogP contribution in [0.15, 0.2) is 42.5 Å². The van der Waals surface area contributed by atoms with E-state index in [0.717, 1.165) is 43.6 Å². The predicted octanol–water partition coefficient (Wildman–Crippen LogP) is 3.37. The molecule has 148 valence electrons. The second kappa shape index (κ2) is 8.07. The molecule has 0 radical (unpaired) electrons. The molecule has 2 aromatic carbocycles. The molecule has 0 aromatic heterocycles. The lowest BCUT2D eigenvalue weighted by Crippen LogP contribution is -2.40. The van der Waals surface area contributed by atoms with Gasteiger partial charge in [0.2, 0.25) is 0 Å². The summed E-state index contributed by atoms with van der Waals surface area (Å²) in [6, 6.07) is 10.2. The number of nitrogens with zero attached hydrogens (tertiary/aromatic N) is 2. The van der Waals surface area contributed by atoms with Gasteiger partial charge in [-0.05, 0) is 73.8 Å². The number of carbonyl (C=O) groups is 1. The Bertz CT molecular complexity index is 848. The molecule has 1 atom stereocenters. The lowest BCUT2D eigenvalue weighted by Gasteiger charge is -2.34. The maximum atomic E-state index is 13.4. The van der Waals surface area contributed by atoms with Crippen molar-refractivity contribution in [2.75, 3.05) is 26.2 Å². The zero-order valence-electron chi connectivity index (χ0n) is 15.7. The zero-order chi connectivity index (χ0) is 19.7. The van der Waals surface area contributed by atoms with Gasteiger partial charge in [0, 0.05) is 24.2 Å². The minimum Gasteiger partial charge on any atom is -0.374 e. The van der Waals surface area contributed by atoms with Gasteiger partial charge in [-0.2, -0.15) is 0 Å². The first-order valence-electron chi connectivity index (χ1n) is 9.71. The number of carbonyl (C=O) groups excluding carboxylic acids is 1. The Morgan fingerprint density at radius 1 is 1.04 bits per heavy atom. The van der Waals surface area contributed by atoms with Crippen LogP contribution in [-0.4, -0.2) is 46.9 Å². The number of benzene rings is 2. The molecule has 2 aliphatic heterocycles. The Morgan fingerprint density at radius 2 is 1.71 bits per heavy atom. The van der Waals surface area contributed by atoms with Crippen molar-refractivity contribution in [1.29, 1.82) is 0 Å². The number of ketones is 1. The fourth-order valence-electron chi connectivity index (χ4n) is 4.22. The second-order valence-electron chi connectivity index (χ2n) is 7.80. The number of aliphatic hydroxyl groups excluding tert-OH is 1. The first-order chi connectivity index (χ1) is 13.5. The van der Waals surface area contributed by atoms with Crippen LogP contribution < -0.4 is 0 Å². The molecular weight excluding hydrogens is 362 g/mol. The maximum Gasteiger partial charge on any atom is 0.176 e. The normalized spacial score (nSPS) is 21.0. The van der Waals surface area contributed by atoms with Crippen LogP contribution in [0, 0.1) is 17.6 Å². The van der Waals surface area contributed by atoms with Gasteiger partial charge in [-0.25, -0.2) is 8.78 Å². The average Bonchev–Trinajstić information content (AvgIpc) is 2.98. The number of likely N-dealkylation sites (tertiary alicyclic amines) is 1. The molecule has 0 saturated carbocycles. The largest absolute Gasteiger partial charge is 0.374 e. The van der Waals surface area contributed by atoms with Gasteiger partial charge < -0.3 is 5.11 Å². The number of hydrogen-bond donors (Lipinski definition) is 1. The molecule has 28 heavy (non-hydrogen) atoms. The molecule has 4 nitrogen and oxygen atoms in total. The van der Waals surface area contributed by atoms with Crippen LogP contribution in [0.2, 0.25) is 0 Å². The molecule has 1 saturated heterocycles. The van der Waals surface area contributed by atoms with Crippen molar-refractivity contribution < 1.29 is 18.7 Å². The molecular formula is C22H24F2N2O2. The Labute approximate surface area is 163 Å². The van der Waals surface area contributed by atoms with Crippen molar-refractivity contribution >= 4 is 5.78 Å². The Morgan fingerprint density at radius 3 is 2.43 bits per heavy atom. The van der Waals surface area contributed by atoms with Crippen LogP contribution in [0.25, 0.3) is 0 Å². The van der Waals surface area contributed by atoms with Crippen molar-refractivity contribution in [3.05, 3.63) is 70.8 Å². The number of rotatable bonds is 5. The molecule has 2 aromatic rings. The maximum absolute atomic E-state index is 13.4. The van der Waals surface area contributed by atoms with Gasteiger partial charge in [0.25, 0.3) is 0 Å². The average molecular weight is 386 g/mol. The standard InChI is InChI=1S/C22H24F2N2O2/c23-18-3-1-16(2-4-18)21(27)14-25-9-7-15(8-10-25)12-26-13-17-11-19(24)5-6-20(17)22(26)28/h1-6,11,15,22,28H,7-10,12-14H2. The van der Waals surface area contributed by atoms with E-state index in [2.05, 4.69) is 4.90 Å². The van der Waals surface area contributed by atoms with Gasteiger partial charge >= 0.3 is 0 Å². The van der Waals surface area contributed by atoms with Gasteiger partial charge in [-0.15, -0.1) is 0 Å². The van der Waals surface area contributed by atoms with Crippen molar-refractivity contribution in [2.45, 2.75) is 25.6 Å². The first kappa shape index (κ1) is 19.2. The summed E-state index contributed by atoms with van der Waals surface area (Å²) in [6.07, 6.45) is 1.23. The fourth-order valence-corrected chi connectivity index (χ4v) is 4.22. The number of Topliss-reactive ketones (excluding diaryl/α,β-unsaturated/α-hetero) is 1. The van der Waals surface area contributed by atoms with E-state index < -0.39 is 6.23 Å². The van der Waals surface area contributed by atoms with Gasteiger partial charge in [-0.3, -0.25) is 14.6 Å². The Kier molecular flexibility index (Phi) is 5.53. The molecule has 2 aliphatic rings. The fraction of sp³-hybridized carbons (Fsp3) is 0.409. The van der Waals surface area contributed by atoms with E-state index in [1.54, 1.807) is 6.07 Å². The lowest BCUT2D eigenvalue weighted by molar-refractivity contribution is -0.00352. The van der Waals surface area contributed by atoms with E-state index in [1.165, 1.54) is 36.4 Å². The van der Waals surface area contributed by atoms with Crippen LogP contribution in [0.4, 0.5) is 8.78 Å². The predicted molar refractivity (Wildman–Crippen MR) is 102 cm³/mol. The third kappa shape index (κ3) is 4.14. The Balaban J connectivity index is 1.27. The van der Waals surface area contributed by atoms with E-state index in [9.17, 15) is 18.7 Å². The van der Waals surface area contributed by atoms with Gasteiger partial charge in [0.1, 0.15) is 17.9 Å². The number of aliphatic hydroxyl groups is 1. The van der Waals surface area contributed by atoms with Gasteiger partial charge in [0.05, 0.1) is 6.54 Å². The minimum atomic E-state index is -0.673. The quantitative estimate of drug-likeness (QED) is 0.801. The van der Waals surface area contributed by atoms with E-state index in [0.29, 0.717) is 24.6 Å². The van der Waals surface area contributed by atoms with E-state index in [1.807, 2.05) is 4.90 Å². The summed E-state index contributed by atoms with van der Waals surface area (Å²) < 4.78 is 26.4. The van der Waals surface area contributed by atoms with Crippen LogP contribution in [0.3, 0.4) is 0 Å². The summed E-state index contributed by atoms with van der Waals surface area (Å²) in [5, 5.41) is 10.5. The molecule has 0 amide bonds. The van der Waals surface area contributed by atoms with Gasteiger partial charge in [0.15, 0.2) is 5.78 Å². The molecule has 6 heteroatoms. The topological polar surface area (TPSA) is 43.8 Å². The molecule has 0 bridgehead atoms. The van der Waals surface area contributed by atoms with Crippen molar-refractivity contribution in [2.24, 2.45) is 5.92 Å². The third-order valence-corrected chi connectivity index (χ3v) is 5.84. The highest BCUT2D eigenvalue weighted by Crippen LogP contribution is 2.33. The van der Waals surface area contributed by atoms with Crippen LogP contribution in [0.5, 0.6) is 0 Å². The van der Waals surface area contributed by atoms with Crippen molar-refractivity contribution in [1.82, 2.24) is 9.80 Å². The molecule has 4 rings (SSSR count). The molecule has 1 N–H and O–H groups in total. The summed E-state index contributed by atoms with van der Waals surface area (Å²) in [7, 11) is 0. The van der Waals surface area contributed by atoms with E-state index in [-0.39, 0.29) is 17.4 Å². The van der Waals surface area contributed by atoms with E-state index >= 15 is 0 Å². The number of piperidine rings is 1. The van der Waals surface area contributed by atoms with Crippen LogP contribution in [-0.2, 0) is 6.54 Å². The molecule has 0 spiro atoms. The highest BCUT2D eigenvalue weighted by molar-refractivity contribution is 5.97. The summed E-state index contributed by atoms with van der Waals surface area (Å²) in [5.41, 5.74) is 2.19. The smallest absolute Gasteiger partial charge is 0.176 e. The van der Waals surface area contributed by atoms with Gasteiger partial charge in [-0.1, -0.05) is 6.07 Å². The minimum absolute atomic E-state index is 0.00545. The molecule has 1 fully saturated rings. The second-order valence-corrected chi connectivity index (χ2v) is 7.80. The summed E-state index contributed by atoms with van der Waals surface area (Å²) in [4.78, 5) is 16.5. The SMILES string of the molecule is O=C(CN1CCC(CN2Cc3cc(F)ccc3C2O)CC1)c1ccc(F)cc1.